The standard InChI is InChI=1S/C19H19ClN4O4S/c1-28-13-3-4-15-11(8-13)7-12(17(20)21-15)9-24-6-5-16-14(10-24)18(25)23-19(22-16)29(2,26)27/h3-4,7-8H,5-6,9-10H2,1-2H3,(H,22,23,25). The van der Waals surface area contributed by atoms with E-state index in [0.717, 1.165) is 28.5 Å². The fourth-order valence-corrected chi connectivity index (χ4v) is 4.18. The van der Waals surface area contributed by atoms with Crippen molar-refractivity contribution in [1.29, 1.82) is 0 Å². The van der Waals surface area contributed by atoms with Gasteiger partial charge in [-0.1, -0.05) is 11.6 Å². The number of hydrogen-bond acceptors (Lipinski definition) is 7. The second-order valence-corrected chi connectivity index (χ2v) is 9.32. The Labute approximate surface area is 172 Å². The topological polar surface area (TPSA) is 105 Å². The van der Waals surface area contributed by atoms with E-state index in [1.54, 1.807) is 7.11 Å². The molecule has 1 aliphatic rings. The van der Waals surface area contributed by atoms with Gasteiger partial charge in [-0.25, -0.2) is 18.4 Å². The summed E-state index contributed by atoms with van der Waals surface area (Å²) < 4.78 is 28.7. The van der Waals surface area contributed by atoms with Crippen LogP contribution in [-0.4, -0.2) is 48.2 Å². The van der Waals surface area contributed by atoms with Gasteiger partial charge >= 0.3 is 0 Å². The number of methoxy groups -OCH3 is 1. The number of hydrogen-bond donors (Lipinski definition) is 1. The van der Waals surface area contributed by atoms with Crippen molar-refractivity contribution in [3.05, 3.63) is 56.6 Å². The molecule has 0 saturated carbocycles. The Morgan fingerprint density at radius 2 is 2.07 bits per heavy atom. The number of halogens is 1. The van der Waals surface area contributed by atoms with Crippen molar-refractivity contribution in [3.63, 3.8) is 0 Å². The van der Waals surface area contributed by atoms with Crippen LogP contribution in [0.2, 0.25) is 5.15 Å². The van der Waals surface area contributed by atoms with Crippen molar-refractivity contribution in [2.24, 2.45) is 0 Å². The number of fused-ring (bicyclic) bond motifs is 2. The van der Waals surface area contributed by atoms with Gasteiger partial charge < -0.3 is 4.74 Å². The van der Waals surface area contributed by atoms with Gasteiger partial charge in [0.15, 0.2) is 0 Å². The third kappa shape index (κ3) is 3.98. The van der Waals surface area contributed by atoms with E-state index in [1.165, 1.54) is 0 Å². The molecule has 1 N–H and O–H groups in total. The van der Waals surface area contributed by atoms with Gasteiger partial charge in [0.25, 0.3) is 5.56 Å². The smallest absolute Gasteiger partial charge is 0.256 e. The Kier molecular flexibility index (Phi) is 5.05. The molecule has 3 heterocycles. The summed E-state index contributed by atoms with van der Waals surface area (Å²) in [5.41, 5.74) is 2.20. The van der Waals surface area contributed by atoms with E-state index in [4.69, 9.17) is 16.3 Å². The van der Waals surface area contributed by atoms with Crippen LogP contribution in [0, 0.1) is 0 Å². The largest absolute Gasteiger partial charge is 0.497 e. The Balaban J connectivity index is 1.62. The molecule has 0 bridgehead atoms. The Morgan fingerprint density at radius 1 is 1.28 bits per heavy atom. The van der Waals surface area contributed by atoms with Crippen molar-refractivity contribution in [2.75, 3.05) is 19.9 Å². The van der Waals surface area contributed by atoms with Gasteiger partial charge in [0.1, 0.15) is 10.9 Å². The summed E-state index contributed by atoms with van der Waals surface area (Å²) in [5, 5.41) is 1.04. The number of H-pyrrole nitrogens is 1. The fraction of sp³-hybridized carbons (Fsp3) is 0.316. The van der Waals surface area contributed by atoms with E-state index in [2.05, 4.69) is 19.9 Å². The SMILES string of the molecule is COc1ccc2nc(Cl)c(CN3CCc4nc(S(C)(=O)=O)[nH]c(=O)c4C3)cc2c1. The second kappa shape index (κ2) is 7.40. The Hall–Kier alpha value is -2.49. The lowest BCUT2D eigenvalue weighted by Crippen LogP contribution is -2.36. The molecule has 0 radical (unpaired) electrons. The molecule has 10 heteroatoms. The highest BCUT2D eigenvalue weighted by Crippen LogP contribution is 2.26. The summed E-state index contributed by atoms with van der Waals surface area (Å²) in [6.45, 7) is 1.49. The van der Waals surface area contributed by atoms with Gasteiger partial charge in [0.05, 0.1) is 23.9 Å². The number of aromatic nitrogens is 3. The van der Waals surface area contributed by atoms with E-state index in [1.807, 2.05) is 24.3 Å². The molecule has 1 aliphatic heterocycles. The van der Waals surface area contributed by atoms with E-state index in [-0.39, 0.29) is 5.16 Å². The zero-order valence-electron chi connectivity index (χ0n) is 15.9. The molecule has 1 aromatic carbocycles. The van der Waals surface area contributed by atoms with Crippen LogP contribution in [-0.2, 0) is 29.3 Å². The van der Waals surface area contributed by atoms with E-state index >= 15 is 0 Å². The number of benzene rings is 1. The molecule has 0 unspecified atom stereocenters. The molecule has 0 saturated heterocycles. The molecular formula is C19H19ClN4O4S. The van der Waals surface area contributed by atoms with Crippen molar-refractivity contribution in [3.8, 4) is 5.75 Å². The molecule has 0 amide bonds. The summed E-state index contributed by atoms with van der Waals surface area (Å²) in [4.78, 5) is 25.4. The average Bonchev–Trinajstić information content (AvgIpc) is 2.68. The minimum absolute atomic E-state index is 0.287. The van der Waals surface area contributed by atoms with Crippen LogP contribution in [0.4, 0.5) is 0 Å². The lowest BCUT2D eigenvalue weighted by Gasteiger charge is -2.27. The maximum absolute atomic E-state index is 12.4. The van der Waals surface area contributed by atoms with E-state index in [9.17, 15) is 13.2 Å². The first-order valence-electron chi connectivity index (χ1n) is 8.92. The van der Waals surface area contributed by atoms with Gasteiger partial charge in [-0.05, 0) is 24.3 Å². The zero-order chi connectivity index (χ0) is 20.8. The summed E-state index contributed by atoms with van der Waals surface area (Å²) in [7, 11) is -1.96. The summed E-state index contributed by atoms with van der Waals surface area (Å²) in [6, 6.07) is 7.55. The highest BCUT2D eigenvalue weighted by molar-refractivity contribution is 7.90. The van der Waals surface area contributed by atoms with Crippen molar-refractivity contribution in [2.45, 2.75) is 24.7 Å². The predicted molar refractivity (Wildman–Crippen MR) is 109 cm³/mol. The number of nitrogens with one attached hydrogen (secondary N) is 1. The van der Waals surface area contributed by atoms with Gasteiger partial charge in [0, 0.05) is 43.3 Å². The first kappa shape index (κ1) is 19.8. The molecule has 0 aliphatic carbocycles. The lowest BCUT2D eigenvalue weighted by atomic mass is 10.1. The maximum atomic E-state index is 12.4. The molecule has 2 aromatic heterocycles. The molecule has 0 fully saturated rings. The molecule has 4 rings (SSSR count). The van der Waals surface area contributed by atoms with Crippen LogP contribution < -0.4 is 10.3 Å². The third-order valence-corrected chi connectivity index (χ3v) is 6.14. The maximum Gasteiger partial charge on any atom is 0.256 e. The highest BCUT2D eigenvalue weighted by Gasteiger charge is 2.24. The van der Waals surface area contributed by atoms with Crippen LogP contribution in [0.15, 0.2) is 34.2 Å². The second-order valence-electron chi connectivity index (χ2n) is 7.03. The number of rotatable bonds is 4. The monoisotopic (exact) mass is 434 g/mol. The van der Waals surface area contributed by atoms with Crippen molar-refractivity contribution >= 4 is 32.3 Å². The van der Waals surface area contributed by atoms with Crippen molar-refractivity contribution < 1.29 is 13.2 Å². The van der Waals surface area contributed by atoms with Crippen LogP contribution in [0.5, 0.6) is 5.75 Å². The number of nitrogens with zero attached hydrogens (tertiary/aromatic N) is 3. The van der Waals surface area contributed by atoms with E-state index in [0.29, 0.717) is 42.5 Å². The first-order chi connectivity index (χ1) is 13.7. The molecular weight excluding hydrogens is 416 g/mol. The minimum Gasteiger partial charge on any atom is -0.497 e. The molecule has 3 aromatic rings. The third-order valence-electron chi connectivity index (χ3n) is 4.92. The van der Waals surface area contributed by atoms with Crippen LogP contribution in [0.25, 0.3) is 10.9 Å². The van der Waals surface area contributed by atoms with Gasteiger partial charge in [0.2, 0.25) is 15.0 Å². The van der Waals surface area contributed by atoms with Crippen LogP contribution >= 0.6 is 11.6 Å². The molecule has 0 atom stereocenters. The number of pyridine rings is 1. The number of aromatic amines is 1. The highest BCUT2D eigenvalue weighted by atomic mass is 35.5. The first-order valence-corrected chi connectivity index (χ1v) is 11.2. The number of sulfone groups is 1. The van der Waals surface area contributed by atoms with Crippen LogP contribution in [0.1, 0.15) is 16.8 Å². The zero-order valence-corrected chi connectivity index (χ0v) is 17.5. The van der Waals surface area contributed by atoms with E-state index < -0.39 is 15.4 Å². The summed E-state index contributed by atoms with van der Waals surface area (Å²) >= 11 is 6.38. The van der Waals surface area contributed by atoms with Crippen LogP contribution in [0.3, 0.4) is 0 Å². The normalized spacial score (nSPS) is 14.7. The molecule has 0 spiro atoms. The van der Waals surface area contributed by atoms with Gasteiger partial charge in [-0.2, -0.15) is 0 Å². The Bertz CT molecular complexity index is 1270. The summed E-state index contributed by atoms with van der Waals surface area (Å²) in [5.74, 6) is 0.735. The van der Waals surface area contributed by atoms with Gasteiger partial charge in [-0.3, -0.25) is 14.7 Å². The average molecular weight is 435 g/mol. The van der Waals surface area contributed by atoms with Gasteiger partial charge in [-0.15, -0.1) is 0 Å². The molecule has 152 valence electrons. The fourth-order valence-electron chi connectivity index (χ4n) is 3.42. The Morgan fingerprint density at radius 3 is 2.79 bits per heavy atom. The minimum atomic E-state index is -3.57. The quantitative estimate of drug-likeness (QED) is 0.494. The molecule has 29 heavy (non-hydrogen) atoms. The molecule has 8 nitrogen and oxygen atoms in total. The predicted octanol–water partition coefficient (Wildman–Crippen LogP) is 1.94. The number of ether oxygens (including phenoxy) is 1. The summed E-state index contributed by atoms with van der Waals surface area (Å²) in [6.07, 6.45) is 1.50. The lowest BCUT2D eigenvalue weighted by molar-refractivity contribution is 0.240. The van der Waals surface area contributed by atoms with Crippen molar-refractivity contribution in [1.82, 2.24) is 19.9 Å².